The average Bonchev–Trinajstić information content (AvgIpc) is 2.11. The van der Waals surface area contributed by atoms with Crippen molar-refractivity contribution in [1.29, 1.82) is 0 Å². The Morgan fingerprint density at radius 2 is 2.36 bits per heavy atom. The standard InChI is InChI=1S/C10H14BrN3/c1-6-3-8(14-5-9(6)11)4-10(13)7(2)12/h3,5,10H,2,4,12-13H2,1H3/t10-/m0/s1. The predicted octanol–water partition coefficient (Wildman–Crippen LogP) is 1.49. The number of pyridine rings is 1. The first-order valence-corrected chi connectivity index (χ1v) is 5.11. The van der Waals surface area contributed by atoms with E-state index in [0.29, 0.717) is 12.1 Å². The molecule has 0 saturated carbocycles. The minimum Gasteiger partial charge on any atom is -0.401 e. The van der Waals surface area contributed by atoms with E-state index in [9.17, 15) is 0 Å². The Kier molecular flexibility index (Phi) is 3.66. The van der Waals surface area contributed by atoms with Crippen LogP contribution in [0.2, 0.25) is 0 Å². The van der Waals surface area contributed by atoms with Crippen LogP contribution in [0, 0.1) is 6.92 Å². The highest BCUT2D eigenvalue weighted by Crippen LogP contribution is 2.15. The molecular weight excluding hydrogens is 242 g/mol. The van der Waals surface area contributed by atoms with E-state index in [4.69, 9.17) is 11.5 Å². The van der Waals surface area contributed by atoms with Crippen LogP contribution in [0.25, 0.3) is 0 Å². The molecule has 1 rings (SSSR count). The first-order valence-electron chi connectivity index (χ1n) is 4.31. The molecule has 3 nitrogen and oxygen atoms in total. The topological polar surface area (TPSA) is 64.9 Å². The number of nitrogens with two attached hydrogens (primary N) is 2. The van der Waals surface area contributed by atoms with Crippen molar-refractivity contribution in [3.05, 3.63) is 40.3 Å². The summed E-state index contributed by atoms with van der Waals surface area (Å²) in [6.45, 7) is 5.62. The number of aryl methyl sites for hydroxylation is 1. The third kappa shape index (κ3) is 2.82. The van der Waals surface area contributed by atoms with Gasteiger partial charge >= 0.3 is 0 Å². The van der Waals surface area contributed by atoms with Crippen LogP contribution in [0.5, 0.6) is 0 Å². The van der Waals surface area contributed by atoms with Gasteiger partial charge in [0.2, 0.25) is 0 Å². The van der Waals surface area contributed by atoms with E-state index >= 15 is 0 Å². The summed E-state index contributed by atoms with van der Waals surface area (Å²) in [5, 5.41) is 0. The van der Waals surface area contributed by atoms with Crippen LogP contribution in [-0.2, 0) is 6.42 Å². The number of hydrogen-bond donors (Lipinski definition) is 2. The highest BCUT2D eigenvalue weighted by Gasteiger charge is 2.07. The van der Waals surface area contributed by atoms with Gasteiger partial charge in [-0.05, 0) is 34.5 Å². The molecule has 0 spiro atoms. The smallest absolute Gasteiger partial charge is 0.0492 e. The normalized spacial score (nSPS) is 12.5. The molecule has 1 heterocycles. The zero-order chi connectivity index (χ0) is 10.7. The monoisotopic (exact) mass is 255 g/mol. The maximum Gasteiger partial charge on any atom is 0.0492 e. The van der Waals surface area contributed by atoms with Gasteiger partial charge in [0.05, 0.1) is 0 Å². The largest absolute Gasteiger partial charge is 0.401 e. The first-order chi connectivity index (χ1) is 6.50. The van der Waals surface area contributed by atoms with Crippen molar-refractivity contribution in [1.82, 2.24) is 4.98 Å². The molecule has 14 heavy (non-hydrogen) atoms. The maximum absolute atomic E-state index is 5.76. The Hall–Kier alpha value is -0.870. The number of halogens is 1. The van der Waals surface area contributed by atoms with Crippen molar-refractivity contribution in [3.63, 3.8) is 0 Å². The molecule has 0 aromatic carbocycles. The van der Waals surface area contributed by atoms with Crippen molar-refractivity contribution in [2.75, 3.05) is 0 Å². The summed E-state index contributed by atoms with van der Waals surface area (Å²) in [5.41, 5.74) is 13.8. The lowest BCUT2D eigenvalue weighted by Gasteiger charge is -2.10. The molecule has 0 amide bonds. The summed E-state index contributed by atoms with van der Waals surface area (Å²) < 4.78 is 1.00. The van der Waals surface area contributed by atoms with Gasteiger partial charge in [-0.2, -0.15) is 0 Å². The summed E-state index contributed by atoms with van der Waals surface area (Å²) in [7, 11) is 0. The molecule has 1 aromatic heterocycles. The Balaban J connectivity index is 2.78. The van der Waals surface area contributed by atoms with Crippen LogP contribution in [0.3, 0.4) is 0 Å². The van der Waals surface area contributed by atoms with Gasteiger partial charge in [0, 0.05) is 34.5 Å². The second-order valence-corrected chi connectivity index (χ2v) is 4.16. The van der Waals surface area contributed by atoms with Crippen molar-refractivity contribution in [3.8, 4) is 0 Å². The Morgan fingerprint density at radius 3 is 2.86 bits per heavy atom. The highest BCUT2D eigenvalue weighted by molar-refractivity contribution is 9.10. The molecule has 0 saturated heterocycles. The van der Waals surface area contributed by atoms with Gasteiger partial charge in [-0.3, -0.25) is 4.98 Å². The van der Waals surface area contributed by atoms with Gasteiger partial charge in [0.25, 0.3) is 0 Å². The Bertz CT molecular complexity index is 349. The van der Waals surface area contributed by atoms with E-state index < -0.39 is 0 Å². The summed E-state index contributed by atoms with van der Waals surface area (Å²) >= 11 is 3.39. The molecule has 0 aliphatic heterocycles. The quantitative estimate of drug-likeness (QED) is 0.861. The van der Waals surface area contributed by atoms with Crippen LogP contribution >= 0.6 is 15.9 Å². The summed E-state index contributed by atoms with van der Waals surface area (Å²) in [6, 6.07) is 1.77. The van der Waals surface area contributed by atoms with Crippen LogP contribution in [0.4, 0.5) is 0 Å². The van der Waals surface area contributed by atoms with Gasteiger partial charge in [-0.25, -0.2) is 0 Å². The van der Waals surface area contributed by atoms with Crippen molar-refractivity contribution in [2.45, 2.75) is 19.4 Å². The second kappa shape index (κ2) is 4.57. The van der Waals surface area contributed by atoms with E-state index in [0.717, 1.165) is 15.7 Å². The van der Waals surface area contributed by atoms with E-state index in [1.54, 1.807) is 6.20 Å². The fourth-order valence-corrected chi connectivity index (χ4v) is 1.28. The number of rotatable bonds is 3. The molecule has 4 heteroatoms. The van der Waals surface area contributed by atoms with Gasteiger partial charge < -0.3 is 11.5 Å². The maximum atomic E-state index is 5.76. The van der Waals surface area contributed by atoms with E-state index in [1.807, 2.05) is 13.0 Å². The fourth-order valence-electron chi connectivity index (χ4n) is 1.07. The average molecular weight is 256 g/mol. The molecule has 76 valence electrons. The van der Waals surface area contributed by atoms with E-state index in [2.05, 4.69) is 27.5 Å². The molecule has 0 bridgehead atoms. The lowest BCUT2D eigenvalue weighted by atomic mass is 10.1. The van der Waals surface area contributed by atoms with Crippen LogP contribution in [0.15, 0.2) is 29.0 Å². The minimum atomic E-state index is -0.219. The number of aromatic nitrogens is 1. The van der Waals surface area contributed by atoms with Gasteiger partial charge in [-0.1, -0.05) is 6.58 Å². The molecule has 0 aliphatic rings. The minimum absolute atomic E-state index is 0.219. The molecule has 0 aliphatic carbocycles. The van der Waals surface area contributed by atoms with Crippen molar-refractivity contribution < 1.29 is 0 Å². The number of nitrogens with zero attached hydrogens (tertiary/aromatic N) is 1. The molecule has 0 radical (unpaired) electrons. The van der Waals surface area contributed by atoms with Crippen LogP contribution in [-0.4, -0.2) is 11.0 Å². The SMILES string of the molecule is C=C(N)[C@@H](N)Cc1cc(C)c(Br)cn1. The van der Waals surface area contributed by atoms with E-state index in [-0.39, 0.29) is 6.04 Å². The number of hydrogen-bond acceptors (Lipinski definition) is 3. The zero-order valence-corrected chi connectivity index (χ0v) is 9.71. The highest BCUT2D eigenvalue weighted by atomic mass is 79.9. The molecular formula is C10H14BrN3. The van der Waals surface area contributed by atoms with Gasteiger partial charge in [0.15, 0.2) is 0 Å². The lowest BCUT2D eigenvalue weighted by molar-refractivity contribution is 0.739. The molecule has 1 aromatic rings. The third-order valence-corrected chi connectivity index (χ3v) is 2.84. The zero-order valence-electron chi connectivity index (χ0n) is 8.13. The fraction of sp³-hybridized carbons (Fsp3) is 0.300. The lowest BCUT2D eigenvalue weighted by Crippen LogP contribution is -2.29. The van der Waals surface area contributed by atoms with Crippen LogP contribution < -0.4 is 11.5 Å². The van der Waals surface area contributed by atoms with Gasteiger partial charge in [0.1, 0.15) is 0 Å². The molecule has 4 N–H and O–H groups in total. The molecule has 0 fully saturated rings. The molecule has 0 unspecified atom stereocenters. The van der Waals surface area contributed by atoms with E-state index in [1.165, 1.54) is 0 Å². The predicted molar refractivity (Wildman–Crippen MR) is 61.7 cm³/mol. The summed E-state index contributed by atoms with van der Waals surface area (Å²) in [4.78, 5) is 4.24. The van der Waals surface area contributed by atoms with Crippen LogP contribution in [0.1, 0.15) is 11.3 Å². The Labute approximate surface area is 92.3 Å². The summed E-state index contributed by atoms with van der Waals surface area (Å²) in [6.07, 6.45) is 2.40. The van der Waals surface area contributed by atoms with Gasteiger partial charge in [-0.15, -0.1) is 0 Å². The Morgan fingerprint density at radius 1 is 1.71 bits per heavy atom. The van der Waals surface area contributed by atoms with Crippen molar-refractivity contribution in [2.24, 2.45) is 11.5 Å². The first kappa shape index (κ1) is 11.2. The second-order valence-electron chi connectivity index (χ2n) is 3.31. The third-order valence-electron chi connectivity index (χ3n) is 2.01. The summed E-state index contributed by atoms with van der Waals surface area (Å²) in [5.74, 6) is 0. The van der Waals surface area contributed by atoms with Crippen molar-refractivity contribution >= 4 is 15.9 Å². The molecule has 1 atom stereocenters.